The van der Waals surface area contributed by atoms with Crippen LogP contribution >= 0.6 is 34.5 Å². The third-order valence-corrected chi connectivity index (χ3v) is 7.99. The molecule has 7 heteroatoms. The molecule has 0 saturated carbocycles. The number of rotatable bonds is 7. The number of carbonyl (C=O) groups excluding carboxylic acids is 2. The van der Waals surface area contributed by atoms with Gasteiger partial charge in [-0.15, -0.1) is 11.3 Å². The Balaban J connectivity index is 1.63. The zero-order chi connectivity index (χ0) is 25.1. The average Bonchev–Trinajstić information content (AvgIpc) is 3.30. The second-order valence-corrected chi connectivity index (χ2v) is 11.3. The number of halogens is 2. The first-order valence-electron chi connectivity index (χ1n) is 11.9. The van der Waals surface area contributed by atoms with Crippen molar-refractivity contribution in [2.24, 2.45) is 5.92 Å². The fraction of sp³-hybridized carbons (Fsp3) is 0.357. The fourth-order valence-electron chi connectivity index (χ4n) is 4.44. The molecule has 4 nitrogen and oxygen atoms in total. The highest BCUT2D eigenvalue weighted by molar-refractivity contribution is 7.10. The molecule has 35 heavy (non-hydrogen) atoms. The highest BCUT2D eigenvalue weighted by atomic mass is 35.5. The van der Waals surface area contributed by atoms with E-state index in [4.69, 9.17) is 23.2 Å². The summed E-state index contributed by atoms with van der Waals surface area (Å²) >= 11 is 14.5. The van der Waals surface area contributed by atoms with Crippen molar-refractivity contribution in [1.82, 2.24) is 9.80 Å². The number of benzene rings is 2. The van der Waals surface area contributed by atoms with Gasteiger partial charge in [-0.2, -0.15) is 0 Å². The summed E-state index contributed by atoms with van der Waals surface area (Å²) in [6, 6.07) is 14.7. The highest BCUT2D eigenvalue weighted by Gasteiger charge is 2.35. The van der Waals surface area contributed by atoms with Crippen LogP contribution in [0.2, 0.25) is 10.0 Å². The summed E-state index contributed by atoms with van der Waals surface area (Å²) in [6.45, 7) is 7.37. The van der Waals surface area contributed by atoms with E-state index in [2.05, 4.69) is 25.3 Å². The van der Waals surface area contributed by atoms with Crippen molar-refractivity contribution >= 4 is 46.4 Å². The van der Waals surface area contributed by atoms with Crippen LogP contribution in [-0.4, -0.2) is 41.2 Å². The van der Waals surface area contributed by atoms with Gasteiger partial charge in [0.1, 0.15) is 6.54 Å². The van der Waals surface area contributed by atoms with E-state index in [1.54, 1.807) is 22.3 Å². The highest BCUT2D eigenvalue weighted by Crippen LogP contribution is 2.41. The quantitative estimate of drug-likeness (QED) is 0.330. The lowest BCUT2D eigenvalue weighted by Crippen LogP contribution is -2.47. The van der Waals surface area contributed by atoms with Gasteiger partial charge in [-0.1, -0.05) is 60.8 Å². The Morgan fingerprint density at radius 3 is 2.51 bits per heavy atom. The summed E-state index contributed by atoms with van der Waals surface area (Å²) in [5, 5.41) is 3.15. The number of fused-ring (bicyclic) bond motifs is 1. The van der Waals surface area contributed by atoms with E-state index in [0.29, 0.717) is 34.6 Å². The van der Waals surface area contributed by atoms with Crippen LogP contribution in [0.25, 0.3) is 0 Å². The molecule has 3 aromatic rings. The molecular formula is C28H30Cl2N2O2S. The van der Waals surface area contributed by atoms with Crippen LogP contribution in [0.15, 0.2) is 53.9 Å². The molecule has 2 heterocycles. The maximum atomic E-state index is 13.8. The second kappa shape index (κ2) is 11.2. The van der Waals surface area contributed by atoms with Crippen LogP contribution in [0.1, 0.15) is 58.2 Å². The molecule has 184 valence electrons. The van der Waals surface area contributed by atoms with E-state index in [-0.39, 0.29) is 24.4 Å². The smallest absolute Gasteiger partial charge is 0.254 e. The number of thiophene rings is 1. The maximum Gasteiger partial charge on any atom is 0.254 e. The van der Waals surface area contributed by atoms with Gasteiger partial charge in [-0.05, 0) is 72.5 Å². The van der Waals surface area contributed by atoms with Crippen LogP contribution in [0.3, 0.4) is 0 Å². The van der Waals surface area contributed by atoms with Crippen molar-refractivity contribution in [3.63, 3.8) is 0 Å². The first-order valence-corrected chi connectivity index (χ1v) is 13.5. The molecule has 1 aliphatic rings. The van der Waals surface area contributed by atoms with Crippen LogP contribution < -0.4 is 0 Å². The molecular weight excluding hydrogens is 499 g/mol. The summed E-state index contributed by atoms with van der Waals surface area (Å²) in [4.78, 5) is 32.0. The normalized spacial score (nSPS) is 15.3. The van der Waals surface area contributed by atoms with Gasteiger partial charge < -0.3 is 9.80 Å². The molecule has 0 aliphatic carbocycles. The van der Waals surface area contributed by atoms with E-state index >= 15 is 0 Å². The zero-order valence-corrected chi connectivity index (χ0v) is 22.6. The van der Waals surface area contributed by atoms with Crippen LogP contribution in [-0.2, 0) is 11.2 Å². The first kappa shape index (κ1) is 25.7. The Bertz CT molecular complexity index is 1210. The first-order chi connectivity index (χ1) is 16.7. The standard InChI is InChI=1S/C28H30Cl2N2O2S/c1-18(2)10-13-31(28(34)20-6-4-19(3)5-7-20)17-26(33)32-14-11-25-23(12-15-35-25)27(32)22-9-8-21(29)16-24(22)30/h4-9,12,15-16,18,27H,10-11,13-14,17H2,1-3H3/t27-/m1/s1. The predicted octanol–water partition coefficient (Wildman–Crippen LogP) is 7.03. The third kappa shape index (κ3) is 5.91. The van der Waals surface area contributed by atoms with Gasteiger partial charge >= 0.3 is 0 Å². The van der Waals surface area contributed by atoms with Crippen LogP contribution in [0.4, 0.5) is 0 Å². The van der Waals surface area contributed by atoms with Gasteiger partial charge in [0.25, 0.3) is 5.91 Å². The molecule has 2 aromatic carbocycles. The molecule has 0 radical (unpaired) electrons. The summed E-state index contributed by atoms with van der Waals surface area (Å²) in [5.74, 6) is 0.220. The predicted molar refractivity (Wildman–Crippen MR) is 145 cm³/mol. The van der Waals surface area contributed by atoms with Gasteiger partial charge in [0.15, 0.2) is 0 Å². The van der Waals surface area contributed by atoms with Crippen molar-refractivity contribution in [2.45, 2.75) is 39.7 Å². The fourth-order valence-corrected chi connectivity index (χ4v) is 5.86. The molecule has 0 bridgehead atoms. The van der Waals surface area contributed by atoms with Crippen molar-refractivity contribution in [3.8, 4) is 0 Å². The van der Waals surface area contributed by atoms with Gasteiger partial charge in [0.05, 0.1) is 6.04 Å². The molecule has 1 aromatic heterocycles. The zero-order valence-electron chi connectivity index (χ0n) is 20.3. The molecule has 1 aliphatic heterocycles. The maximum absolute atomic E-state index is 13.8. The number of hydrogen-bond acceptors (Lipinski definition) is 3. The van der Waals surface area contributed by atoms with E-state index in [1.165, 1.54) is 4.88 Å². The molecule has 0 N–H and O–H groups in total. The van der Waals surface area contributed by atoms with Crippen molar-refractivity contribution in [2.75, 3.05) is 19.6 Å². The van der Waals surface area contributed by atoms with E-state index in [9.17, 15) is 9.59 Å². The van der Waals surface area contributed by atoms with Crippen molar-refractivity contribution in [1.29, 1.82) is 0 Å². The van der Waals surface area contributed by atoms with E-state index < -0.39 is 0 Å². The second-order valence-electron chi connectivity index (χ2n) is 9.48. The van der Waals surface area contributed by atoms with Crippen molar-refractivity contribution in [3.05, 3.63) is 91.1 Å². The lowest BCUT2D eigenvalue weighted by atomic mass is 9.93. The lowest BCUT2D eigenvalue weighted by Gasteiger charge is -2.38. The molecule has 0 spiro atoms. The summed E-state index contributed by atoms with van der Waals surface area (Å²) < 4.78 is 0. The minimum Gasteiger partial charge on any atom is -0.330 e. The molecule has 4 rings (SSSR count). The lowest BCUT2D eigenvalue weighted by molar-refractivity contribution is -0.134. The van der Waals surface area contributed by atoms with Gasteiger partial charge in [-0.3, -0.25) is 9.59 Å². The Morgan fingerprint density at radius 1 is 1.09 bits per heavy atom. The molecule has 2 amide bonds. The Morgan fingerprint density at radius 2 is 1.83 bits per heavy atom. The minimum atomic E-state index is -0.302. The Kier molecular flexibility index (Phi) is 8.20. The third-order valence-electron chi connectivity index (χ3n) is 6.43. The number of amides is 2. The molecule has 0 unspecified atom stereocenters. The van der Waals surface area contributed by atoms with Crippen molar-refractivity contribution < 1.29 is 9.59 Å². The van der Waals surface area contributed by atoms with Gasteiger partial charge in [0, 0.05) is 33.6 Å². The Hall–Kier alpha value is -2.34. The number of carbonyl (C=O) groups is 2. The van der Waals surface area contributed by atoms with E-state index in [1.807, 2.05) is 48.2 Å². The minimum absolute atomic E-state index is 0.0284. The average molecular weight is 530 g/mol. The molecule has 0 saturated heterocycles. The van der Waals surface area contributed by atoms with Crippen LogP contribution in [0, 0.1) is 12.8 Å². The molecule has 1 atom stereocenters. The van der Waals surface area contributed by atoms with Crippen LogP contribution in [0.5, 0.6) is 0 Å². The topological polar surface area (TPSA) is 40.6 Å². The van der Waals surface area contributed by atoms with Gasteiger partial charge in [0.2, 0.25) is 5.91 Å². The SMILES string of the molecule is Cc1ccc(C(=O)N(CCC(C)C)CC(=O)N2CCc3sccc3[C@H]2c2ccc(Cl)cc2Cl)cc1. The van der Waals surface area contributed by atoms with Gasteiger partial charge in [-0.25, -0.2) is 0 Å². The summed E-state index contributed by atoms with van der Waals surface area (Å²) in [7, 11) is 0. The summed E-state index contributed by atoms with van der Waals surface area (Å²) in [6.07, 6.45) is 1.62. The summed E-state index contributed by atoms with van der Waals surface area (Å²) in [5.41, 5.74) is 3.64. The monoisotopic (exact) mass is 528 g/mol. The number of nitrogens with zero attached hydrogens (tertiary/aromatic N) is 2. The number of aryl methyl sites for hydroxylation is 1. The Labute approximate surface area is 221 Å². The molecule has 0 fully saturated rings. The largest absolute Gasteiger partial charge is 0.330 e. The number of hydrogen-bond donors (Lipinski definition) is 0. The van der Waals surface area contributed by atoms with E-state index in [0.717, 1.165) is 29.5 Å².